The van der Waals surface area contributed by atoms with E-state index in [0.29, 0.717) is 0 Å². The van der Waals surface area contributed by atoms with E-state index in [1.54, 1.807) is 0 Å². The number of primary amides is 1. The van der Waals surface area contributed by atoms with Gasteiger partial charge in [-0.3, -0.25) is 9.59 Å². The number of rotatable bonds is 9. The average molecular weight is 510 g/mol. The van der Waals surface area contributed by atoms with E-state index < -0.39 is 65.2 Å². The van der Waals surface area contributed by atoms with Gasteiger partial charge >= 0.3 is 65.2 Å². The van der Waals surface area contributed by atoms with Crippen molar-refractivity contribution in [3.8, 4) is 0 Å². The molecule has 3 amide bonds. The van der Waals surface area contributed by atoms with Gasteiger partial charge in [-0.1, -0.05) is 5.16 Å². The number of nitrogen functional groups attached to an aromatic ring is 1. The van der Waals surface area contributed by atoms with Crippen LogP contribution in [0.3, 0.4) is 0 Å². The molecule has 0 unspecified atom stereocenters. The zero-order valence-corrected chi connectivity index (χ0v) is 22.2. The second-order valence-electron chi connectivity index (χ2n) is 5.57. The van der Waals surface area contributed by atoms with E-state index in [9.17, 15) is 37.3 Å². The van der Waals surface area contributed by atoms with Gasteiger partial charge in [-0.25, -0.2) is 22.5 Å². The third kappa shape index (κ3) is 7.52. The van der Waals surface area contributed by atoms with Crippen LogP contribution in [0.1, 0.15) is 5.69 Å². The number of β-lactam (4-membered cyclic amide) rings is 1. The Labute approximate surface area is 228 Å². The molecule has 164 valence electrons. The number of ether oxygens (including phenoxy) is 1. The molecule has 1 fully saturated rings. The van der Waals surface area contributed by atoms with Crippen molar-refractivity contribution in [1.29, 1.82) is 0 Å². The average Bonchev–Trinajstić information content (AvgIpc) is 3.04. The number of carbonyl (C=O) groups is 4. The van der Waals surface area contributed by atoms with Crippen molar-refractivity contribution in [3.63, 3.8) is 0 Å². The van der Waals surface area contributed by atoms with Gasteiger partial charge < -0.3 is 40.8 Å². The SMILES string of the molecule is NC(=O)OC[C@@]1(NC(=O)/C(=N\OCC(=O)[O-])c2csc(N)n2)CN(S(=O)(=O)[O-])C1=O.[Na+].[Na+]. The van der Waals surface area contributed by atoms with Crippen molar-refractivity contribution in [3.05, 3.63) is 11.1 Å². The standard InChI is InChI=1S/C12H14N6O10S2.2Na/c13-10-15-5(2-29-10)7(17-28-1-6(19)20)8(21)16-12(4-27-11(14)23)3-18(9(12)22)30(24,25)26;;/h2H,1,3-4H2,(H2,13,15)(H2,14,23)(H,16,21)(H,19,20)(H,24,25,26);;/q;2*+1/p-2/b17-7-;;/t12-;;/m0../s1. The second kappa shape index (κ2) is 12.1. The molecule has 32 heavy (non-hydrogen) atoms. The Kier molecular flexibility index (Phi) is 11.5. The first-order valence-electron chi connectivity index (χ1n) is 7.49. The molecule has 1 saturated heterocycles. The number of nitrogens with one attached hydrogen (secondary N) is 1. The maximum absolute atomic E-state index is 12.7. The van der Waals surface area contributed by atoms with E-state index in [-0.39, 0.29) is 74.2 Å². The van der Waals surface area contributed by atoms with Crippen molar-refractivity contribution < 1.29 is 106 Å². The van der Waals surface area contributed by atoms with Crippen molar-refractivity contribution in [2.45, 2.75) is 5.54 Å². The summed E-state index contributed by atoms with van der Waals surface area (Å²) in [5, 5.41) is 17.1. The van der Waals surface area contributed by atoms with Crippen LogP contribution >= 0.6 is 11.3 Å². The van der Waals surface area contributed by atoms with Gasteiger partial charge in [0, 0.05) is 5.38 Å². The number of nitrogens with zero attached hydrogens (tertiary/aromatic N) is 3. The summed E-state index contributed by atoms with van der Waals surface area (Å²) in [6.07, 6.45) is -1.35. The molecule has 1 aliphatic rings. The van der Waals surface area contributed by atoms with Crippen molar-refractivity contribution in [2.24, 2.45) is 10.9 Å². The number of hydrogen-bond acceptors (Lipinski definition) is 14. The number of aliphatic carboxylic acids is 1. The number of nitrogens with two attached hydrogens (primary N) is 2. The Balaban J connectivity index is 0.00000480. The fraction of sp³-hybridized carbons (Fsp3) is 0.333. The van der Waals surface area contributed by atoms with E-state index in [4.69, 9.17) is 11.5 Å². The fourth-order valence-corrected chi connectivity index (χ4v) is 3.47. The molecule has 2 rings (SSSR count). The quantitative estimate of drug-likeness (QED) is 0.0919. The van der Waals surface area contributed by atoms with Crippen LogP contribution in [0.2, 0.25) is 0 Å². The van der Waals surface area contributed by atoms with E-state index >= 15 is 0 Å². The molecule has 20 heteroatoms. The van der Waals surface area contributed by atoms with Gasteiger partial charge in [0.05, 0.1) is 12.5 Å². The molecule has 16 nitrogen and oxygen atoms in total. The second-order valence-corrected chi connectivity index (χ2v) is 7.76. The Morgan fingerprint density at radius 3 is 2.44 bits per heavy atom. The van der Waals surface area contributed by atoms with Gasteiger partial charge in [0.25, 0.3) is 11.8 Å². The van der Waals surface area contributed by atoms with Crippen molar-refractivity contribution in [2.75, 3.05) is 25.5 Å². The Morgan fingerprint density at radius 2 is 2.00 bits per heavy atom. The predicted molar refractivity (Wildman–Crippen MR) is 91.8 cm³/mol. The van der Waals surface area contributed by atoms with Gasteiger partial charge in [-0.15, -0.1) is 11.3 Å². The Hall–Kier alpha value is -1.51. The van der Waals surface area contributed by atoms with Crippen molar-refractivity contribution in [1.82, 2.24) is 14.6 Å². The number of carboxylic acid groups (broad SMARTS) is 1. The largest absolute Gasteiger partial charge is 1.00 e. The molecule has 0 aliphatic carbocycles. The summed E-state index contributed by atoms with van der Waals surface area (Å²) in [7, 11) is -5.20. The van der Waals surface area contributed by atoms with Crippen LogP contribution in [0.15, 0.2) is 10.5 Å². The zero-order valence-electron chi connectivity index (χ0n) is 16.6. The first kappa shape index (κ1) is 30.5. The van der Waals surface area contributed by atoms with Crippen LogP contribution in [0, 0.1) is 0 Å². The van der Waals surface area contributed by atoms with Crippen LogP contribution in [0.5, 0.6) is 0 Å². The molecule has 0 radical (unpaired) electrons. The van der Waals surface area contributed by atoms with Gasteiger partial charge in [0.1, 0.15) is 12.3 Å². The maximum Gasteiger partial charge on any atom is 1.00 e. The third-order valence-electron chi connectivity index (χ3n) is 3.45. The van der Waals surface area contributed by atoms with Gasteiger partial charge in [0.15, 0.2) is 33.3 Å². The molecular formula is C12H12N6Na2O10S2. The summed E-state index contributed by atoms with van der Waals surface area (Å²) in [5.41, 5.74) is 7.28. The molecule has 1 atom stereocenters. The number of hydrogen-bond donors (Lipinski definition) is 3. The third-order valence-corrected chi connectivity index (χ3v) is 4.96. The molecule has 0 aromatic carbocycles. The number of anilines is 1. The van der Waals surface area contributed by atoms with Crippen LogP contribution in [0.25, 0.3) is 0 Å². The van der Waals surface area contributed by atoms with E-state index in [0.717, 1.165) is 11.3 Å². The smallest absolute Gasteiger partial charge is 0.731 e. The minimum Gasteiger partial charge on any atom is -0.731 e. The van der Waals surface area contributed by atoms with Gasteiger partial charge in [-0.2, -0.15) is 0 Å². The Bertz CT molecular complexity index is 1030. The molecular weight excluding hydrogens is 498 g/mol. The molecule has 1 aromatic rings. The van der Waals surface area contributed by atoms with Crippen LogP contribution in [0.4, 0.5) is 9.93 Å². The van der Waals surface area contributed by atoms with Gasteiger partial charge in [-0.05, 0) is 0 Å². The molecule has 2 heterocycles. The molecule has 1 aromatic heterocycles. The minimum absolute atomic E-state index is 0. The van der Waals surface area contributed by atoms with E-state index in [2.05, 4.69) is 25.0 Å². The predicted octanol–water partition coefficient (Wildman–Crippen LogP) is -10.5. The molecule has 0 saturated carbocycles. The first-order valence-corrected chi connectivity index (χ1v) is 9.74. The summed E-state index contributed by atoms with van der Waals surface area (Å²) < 4.78 is 37.6. The van der Waals surface area contributed by atoms with E-state index in [1.165, 1.54) is 5.38 Å². The number of aromatic nitrogens is 1. The van der Waals surface area contributed by atoms with Crippen LogP contribution in [-0.4, -0.2) is 77.1 Å². The molecule has 1 aliphatic heterocycles. The summed E-state index contributed by atoms with van der Waals surface area (Å²) in [5.74, 6) is -4.28. The van der Waals surface area contributed by atoms with Gasteiger partial charge in [0.2, 0.25) is 0 Å². The number of oxime groups is 1. The number of thiazole rings is 1. The number of carbonyl (C=O) groups excluding carboxylic acids is 4. The summed E-state index contributed by atoms with van der Waals surface area (Å²) in [4.78, 5) is 54.5. The number of amides is 3. The van der Waals surface area contributed by atoms with Crippen LogP contribution < -0.4 is 81.0 Å². The first-order chi connectivity index (χ1) is 13.9. The fourth-order valence-electron chi connectivity index (χ4n) is 2.17. The number of carboxylic acids is 1. The summed E-state index contributed by atoms with van der Waals surface area (Å²) in [6, 6.07) is 0. The molecule has 0 spiro atoms. The normalized spacial score (nSPS) is 17.8. The Morgan fingerprint density at radius 1 is 1.38 bits per heavy atom. The molecule has 5 N–H and O–H groups in total. The molecule has 0 bridgehead atoms. The topological polar surface area (TPSA) is 260 Å². The maximum atomic E-state index is 12.7. The van der Waals surface area contributed by atoms with E-state index in [1.807, 2.05) is 0 Å². The summed E-state index contributed by atoms with van der Waals surface area (Å²) >= 11 is 0.886. The summed E-state index contributed by atoms with van der Waals surface area (Å²) in [6.45, 7) is -2.82. The minimum atomic E-state index is -5.20. The zero-order chi connectivity index (χ0) is 22.7. The monoisotopic (exact) mass is 510 g/mol. The van der Waals surface area contributed by atoms with Crippen molar-refractivity contribution >= 4 is 56.4 Å². The van der Waals surface area contributed by atoms with Crippen LogP contribution in [-0.2, 0) is 34.3 Å².